The molecule has 2 heterocycles. The molecule has 1 fully saturated rings. The highest BCUT2D eigenvalue weighted by molar-refractivity contribution is 5.94. The lowest BCUT2D eigenvalue weighted by molar-refractivity contribution is 0.0786. The second-order valence-corrected chi connectivity index (χ2v) is 6.09. The van der Waals surface area contributed by atoms with Crippen LogP contribution in [0.1, 0.15) is 27.9 Å². The molecule has 1 aromatic carbocycles. The van der Waals surface area contributed by atoms with E-state index < -0.39 is 5.82 Å². The molecule has 3 rings (SSSR count). The van der Waals surface area contributed by atoms with Gasteiger partial charge in [0.15, 0.2) is 0 Å². The second-order valence-electron chi connectivity index (χ2n) is 6.09. The smallest absolute Gasteiger partial charge is 0.255 e. The SMILES string of the molecule is Cc1ccc(CC2CCN(C(=O)c3cncc(F)c3)C2)cc1F. The maximum absolute atomic E-state index is 13.6. The Balaban J connectivity index is 1.64. The van der Waals surface area contributed by atoms with Gasteiger partial charge in [-0.2, -0.15) is 0 Å². The van der Waals surface area contributed by atoms with E-state index in [0.717, 1.165) is 24.6 Å². The predicted octanol–water partition coefficient (Wildman–Crippen LogP) is 3.37. The van der Waals surface area contributed by atoms with Crippen molar-refractivity contribution in [1.29, 1.82) is 0 Å². The Kier molecular flexibility index (Phi) is 4.37. The first-order valence-electron chi connectivity index (χ1n) is 7.68. The van der Waals surface area contributed by atoms with E-state index in [1.165, 1.54) is 12.3 Å². The van der Waals surface area contributed by atoms with Crippen molar-refractivity contribution in [2.75, 3.05) is 13.1 Å². The molecule has 5 heteroatoms. The van der Waals surface area contributed by atoms with Gasteiger partial charge in [0.05, 0.1) is 11.8 Å². The number of amides is 1. The van der Waals surface area contributed by atoms with Gasteiger partial charge < -0.3 is 4.90 Å². The molecule has 0 spiro atoms. The highest BCUT2D eigenvalue weighted by Crippen LogP contribution is 2.23. The summed E-state index contributed by atoms with van der Waals surface area (Å²) < 4.78 is 26.8. The molecule has 1 unspecified atom stereocenters. The van der Waals surface area contributed by atoms with Gasteiger partial charge in [-0.3, -0.25) is 9.78 Å². The minimum Gasteiger partial charge on any atom is -0.338 e. The number of halogens is 2. The van der Waals surface area contributed by atoms with Gasteiger partial charge in [0.25, 0.3) is 5.91 Å². The van der Waals surface area contributed by atoms with Gasteiger partial charge in [-0.05, 0) is 48.9 Å². The zero-order valence-electron chi connectivity index (χ0n) is 12.9. The van der Waals surface area contributed by atoms with Crippen molar-refractivity contribution in [2.45, 2.75) is 19.8 Å². The summed E-state index contributed by atoms with van der Waals surface area (Å²) >= 11 is 0. The number of likely N-dealkylation sites (tertiary alicyclic amines) is 1. The van der Waals surface area contributed by atoms with Gasteiger partial charge in [0, 0.05) is 19.3 Å². The maximum atomic E-state index is 13.6. The quantitative estimate of drug-likeness (QED) is 0.870. The van der Waals surface area contributed by atoms with E-state index in [2.05, 4.69) is 4.98 Å². The van der Waals surface area contributed by atoms with Gasteiger partial charge in [0.2, 0.25) is 0 Å². The van der Waals surface area contributed by atoms with Crippen LogP contribution in [-0.2, 0) is 6.42 Å². The van der Waals surface area contributed by atoms with Crippen LogP contribution >= 0.6 is 0 Å². The zero-order chi connectivity index (χ0) is 16.4. The van der Waals surface area contributed by atoms with Crippen LogP contribution in [0.5, 0.6) is 0 Å². The molecule has 1 aromatic heterocycles. The number of aromatic nitrogens is 1. The summed E-state index contributed by atoms with van der Waals surface area (Å²) in [6.45, 7) is 2.97. The molecule has 1 amide bonds. The highest BCUT2D eigenvalue weighted by Gasteiger charge is 2.27. The van der Waals surface area contributed by atoms with Crippen molar-refractivity contribution >= 4 is 5.91 Å². The van der Waals surface area contributed by atoms with E-state index in [1.807, 2.05) is 6.07 Å². The first-order valence-corrected chi connectivity index (χ1v) is 7.68. The van der Waals surface area contributed by atoms with Crippen LogP contribution < -0.4 is 0 Å². The third-order valence-electron chi connectivity index (χ3n) is 4.29. The average Bonchev–Trinajstić information content (AvgIpc) is 2.99. The third-order valence-corrected chi connectivity index (χ3v) is 4.29. The van der Waals surface area contributed by atoms with Crippen LogP contribution in [0.15, 0.2) is 36.7 Å². The van der Waals surface area contributed by atoms with Gasteiger partial charge in [-0.1, -0.05) is 12.1 Å². The Morgan fingerprint density at radius 3 is 2.87 bits per heavy atom. The van der Waals surface area contributed by atoms with Crippen LogP contribution in [0, 0.1) is 24.5 Å². The number of pyridine rings is 1. The molecule has 120 valence electrons. The van der Waals surface area contributed by atoms with Gasteiger partial charge in [-0.15, -0.1) is 0 Å². The molecule has 1 aliphatic heterocycles. The molecule has 23 heavy (non-hydrogen) atoms. The van der Waals surface area contributed by atoms with E-state index in [-0.39, 0.29) is 17.3 Å². The second kappa shape index (κ2) is 6.44. The van der Waals surface area contributed by atoms with E-state index in [0.29, 0.717) is 24.6 Å². The number of hydrogen-bond donors (Lipinski definition) is 0. The Hall–Kier alpha value is -2.30. The van der Waals surface area contributed by atoms with E-state index in [4.69, 9.17) is 0 Å². The minimum absolute atomic E-state index is 0.195. The number of benzene rings is 1. The van der Waals surface area contributed by atoms with Crippen molar-refractivity contribution in [1.82, 2.24) is 9.88 Å². The standard InChI is InChI=1S/C18H18F2N2O/c1-12-2-3-13(7-17(12)20)6-14-4-5-22(11-14)18(23)15-8-16(19)10-21-9-15/h2-3,7-10,14H,4-6,11H2,1H3. The Morgan fingerprint density at radius 1 is 1.30 bits per heavy atom. The fourth-order valence-electron chi connectivity index (χ4n) is 2.99. The number of nitrogens with zero attached hydrogens (tertiary/aromatic N) is 2. The van der Waals surface area contributed by atoms with E-state index in [1.54, 1.807) is 24.0 Å². The molecule has 1 atom stereocenters. The molecule has 2 aromatic rings. The summed E-state index contributed by atoms with van der Waals surface area (Å²) in [7, 11) is 0. The molecule has 1 aliphatic rings. The van der Waals surface area contributed by atoms with Crippen molar-refractivity contribution in [3.05, 3.63) is 65.0 Å². The Labute approximate surface area is 134 Å². The number of carbonyl (C=O) groups excluding carboxylic acids is 1. The fourth-order valence-corrected chi connectivity index (χ4v) is 2.99. The van der Waals surface area contributed by atoms with Crippen LogP contribution in [0.4, 0.5) is 8.78 Å². The van der Waals surface area contributed by atoms with Crippen LogP contribution in [0.3, 0.4) is 0 Å². The van der Waals surface area contributed by atoms with Gasteiger partial charge in [-0.25, -0.2) is 8.78 Å². The molecule has 3 nitrogen and oxygen atoms in total. The predicted molar refractivity (Wildman–Crippen MR) is 83.0 cm³/mol. The van der Waals surface area contributed by atoms with Gasteiger partial charge in [0.1, 0.15) is 11.6 Å². The lowest BCUT2D eigenvalue weighted by Crippen LogP contribution is -2.29. The lowest BCUT2D eigenvalue weighted by Gasteiger charge is -2.16. The molecule has 0 bridgehead atoms. The average molecular weight is 316 g/mol. The van der Waals surface area contributed by atoms with E-state index >= 15 is 0 Å². The lowest BCUT2D eigenvalue weighted by atomic mass is 9.98. The number of hydrogen-bond acceptors (Lipinski definition) is 2. The topological polar surface area (TPSA) is 33.2 Å². The van der Waals surface area contributed by atoms with Crippen molar-refractivity contribution in [3.8, 4) is 0 Å². The summed E-state index contributed by atoms with van der Waals surface area (Å²) in [5.41, 5.74) is 1.85. The van der Waals surface area contributed by atoms with Crippen molar-refractivity contribution in [3.63, 3.8) is 0 Å². The fraction of sp³-hybridized carbons (Fsp3) is 0.333. The largest absolute Gasteiger partial charge is 0.338 e. The summed E-state index contributed by atoms with van der Waals surface area (Å²) in [4.78, 5) is 17.8. The first-order chi connectivity index (χ1) is 11.0. The molecular weight excluding hydrogens is 298 g/mol. The Bertz CT molecular complexity index is 733. The molecule has 0 aliphatic carbocycles. The Morgan fingerprint density at radius 2 is 2.13 bits per heavy atom. The summed E-state index contributed by atoms with van der Waals surface area (Å²) in [5.74, 6) is -0.613. The number of carbonyl (C=O) groups is 1. The normalized spacial score (nSPS) is 17.5. The number of rotatable bonds is 3. The van der Waals surface area contributed by atoms with Gasteiger partial charge >= 0.3 is 0 Å². The highest BCUT2D eigenvalue weighted by atomic mass is 19.1. The van der Waals surface area contributed by atoms with Crippen LogP contribution in [0.2, 0.25) is 0 Å². The summed E-state index contributed by atoms with van der Waals surface area (Å²) in [6, 6.07) is 6.48. The van der Waals surface area contributed by atoms with Crippen LogP contribution in [-0.4, -0.2) is 28.9 Å². The molecular formula is C18H18F2N2O. The molecule has 0 radical (unpaired) electrons. The monoisotopic (exact) mass is 316 g/mol. The first kappa shape index (κ1) is 15.6. The van der Waals surface area contributed by atoms with E-state index in [9.17, 15) is 13.6 Å². The van der Waals surface area contributed by atoms with Crippen molar-refractivity contribution < 1.29 is 13.6 Å². The third kappa shape index (κ3) is 3.55. The van der Waals surface area contributed by atoms with Crippen molar-refractivity contribution in [2.24, 2.45) is 5.92 Å². The van der Waals surface area contributed by atoms with Crippen LogP contribution in [0.25, 0.3) is 0 Å². The molecule has 0 N–H and O–H groups in total. The summed E-state index contributed by atoms with van der Waals surface area (Å²) in [5, 5.41) is 0. The summed E-state index contributed by atoms with van der Waals surface area (Å²) in [6.07, 6.45) is 4.07. The molecule has 1 saturated heterocycles. The minimum atomic E-state index is -0.512. The zero-order valence-corrected chi connectivity index (χ0v) is 12.9. The molecule has 0 saturated carbocycles. The maximum Gasteiger partial charge on any atom is 0.255 e. The number of aryl methyl sites for hydroxylation is 1.